The highest BCUT2D eigenvalue weighted by Gasteiger charge is 2.47. The van der Waals surface area contributed by atoms with Gasteiger partial charge >= 0.3 is 0 Å². The van der Waals surface area contributed by atoms with Crippen molar-refractivity contribution in [2.24, 2.45) is 0 Å². The first-order valence-corrected chi connectivity index (χ1v) is 14.2. The minimum absolute atomic E-state index is 0.0118. The highest BCUT2D eigenvalue weighted by atomic mass is 16.5. The molecule has 0 fully saturated rings. The summed E-state index contributed by atoms with van der Waals surface area (Å²) < 4.78 is 12.2. The molecule has 0 saturated carbocycles. The van der Waals surface area contributed by atoms with Crippen molar-refractivity contribution in [3.8, 4) is 23.0 Å². The Labute approximate surface area is 241 Å². The number of carbonyl (C=O) groups excluding carboxylic acids is 1. The molecule has 0 saturated heterocycles. The van der Waals surface area contributed by atoms with Crippen LogP contribution >= 0.6 is 0 Å². The number of nitrogens with one attached hydrogen (secondary N) is 1. The largest absolute Gasteiger partial charge is 0.457 e. The predicted molar refractivity (Wildman–Crippen MR) is 163 cm³/mol. The lowest BCUT2D eigenvalue weighted by molar-refractivity contribution is -0.125. The molecular weight excluding hydrogens is 506 g/mol. The second-order valence-corrected chi connectivity index (χ2v) is 10.4. The van der Waals surface area contributed by atoms with E-state index in [1.54, 1.807) is 0 Å². The molecule has 5 aromatic rings. The Hall–Kier alpha value is -4.83. The maximum Gasteiger partial charge on any atom is 0.235 e. The van der Waals surface area contributed by atoms with Crippen molar-refractivity contribution in [2.75, 3.05) is 6.54 Å². The SMILES string of the molecule is O=C(NCCc1ccc(Oc2ccccc2)cc1)C1(CCCc2ccccc2)c2ccccc2Oc2ccccc21. The topological polar surface area (TPSA) is 47.6 Å². The van der Waals surface area contributed by atoms with Gasteiger partial charge in [-0.2, -0.15) is 0 Å². The summed E-state index contributed by atoms with van der Waals surface area (Å²) in [5.41, 5.74) is 3.42. The number of benzene rings is 5. The number of para-hydroxylation sites is 3. The van der Waals surface area contributed by atoms with E-state index in [9.17, 15) is 4.79 Å². The van der Waals surface area contributed by atoms with E-state index in [0.717, 1.165) is 59.0 Å². The third-order valence-electron chi connectivity index (χ3n) is 7.76. The van der Waals surface area contributed by atoms with E-state index < -0.39 is 5.41 Å². The monoisotopic (exact) mass is 539 g/mol. The van der Waals surface area contributed by atoms with Crippen LogP contribution in [-0.2, 0) is 23.1 Å². The Morgan fingerprint density at radius 1 is 0.610 bits per heavy atom. The summed E-state index contributed by atoms with van der Waals surface area (Å²) in [6.07, 6.45) is 3.16. The van der Waals surface area contributed by atoms with Gasteiger partial charge < -0.3 is 14.8 Å². The lowest BCUT2D eigenvalue weighted by atomic mass is 9.68. The number of rotatable bonds is 10. The second kappa shape index (κ2) is 12.1. The van der Waals surface area contributed by atoms with Gasteiger partial charge in [-0.1, -0.05) is 97.1 Å². The Kier molecular flexibility index (Phi) is 7.81. The molecule has 41 heavy (non-hydrogen) atoms. The first kappa shape index (κ1) is 26.4. The second-order valence-electron chi connectivity index (χ2n) is 10.4. The van der Waals surface area contributed by atoms with E-state index >= 15 is 0 Å². The van der Waals surface area contributed by atoms with Crippen LogP contribution in [0.3, 0.4) is 0 Å². The molecule has 0 unspecified atom stereocenters. The molecular formula is C37H33NO3. The zero-order chi connectivity index (χ0) is 27.9. The van der Waals surface area contributed by atoms with E-state index in [-0.39, 0.29) is 5.91 Å². The Bertz CT molecular complexity index is 1550. The van der Waals surface area contributed by atoms with Crippen LogP contribution in [0.4, 0.5) is 0 Å². The fourth-order valence-corrected chi connectivity index (χ4v) is 5.73. The summed E-state index contributed by atoms with van der Waals surface area (Å²) in [4.78, 5) is 14.3. The third kappa shape index (κ3) is 5.73. The maximum absolute atomic E-state index is 14.3. The fraction of sp³-hybridized carbons (Fsp3) is 0.162. The smallest absolute Gasteiger partial charge is 0.235 e. The van der Waals surface area contributed by atoms with E-state index in [0.29, 0.717) is 13.0 Å². The van der Waals surface area contributed by atoms with Gasteiger partial charge in [-0.05, 0) is 73.2 Å². The zero-order valence-corrected chi connectivity index (χ0v) is 23.0. The van der Waals surface area contributed by atoms with E-state index in [1.807, 2.05) is 97.1 Å². The zero-order valence-electron chi connectivity index (χ0n) is 23.0. The summed E-state index contributed by atoms with van der Waals surface area (Å²) in [6.45, 7) is 0.531. The number of ether oxygens (including phenoxy) is 2. The van der Waals surface area contributed by atoms with Crippen LogP contribution in [0.1, 0.15) is 35.1 Å². The minimum Gasteiger partial charge on any atom is -0.457 e. The van der Waals surface area contributed by atoms with Crippen molar-refractivity contribution < 1.29 is 14.3 Å². The summed E-state index contributed by atoms with van der Waals surface area (Å²) in [6, 6.07) is 44.2. The van der Waals surface area contributed by atoms with Crippen molar-refractivity contribution in [3.63, 3.8) is 0 Å². The van der Waals surface area contributed by atoms with E-state index in [4.69, 9.17) is 9.47 Å². The van der Waals surface area contributed by atoms with Crippen molar-refractivity contribution in [1.82, 2.24) is 5.32 Å². The quantitative estimate of drug-likeness (QED) is 0.194. The van der Waals surface area contributed by atoms with Gasteiger partial charge in [0, 0.05) is 17.7 Å². The molecule has 0 spiro atoms. The van der Waals surface area contributed by atoms with Crippen LogP contribution in [0.2, 0.25) is 0 Å². The molecule has 0 aromatic heterocycles. The Morgan fingerprint density at radius 2 is 1.15 bits per heavy atom. The van der Waals surface area contributed by atoms with Crippen LogP contribution in [0.5, 0.6) is 23.0 Å². The van der Waals surface area contributed by atoms with Gasteiger partial charge in [0.15, 0.2) is 0 Å². The molecule has 1 aliphatic heterocycles. The molecule has 1 N–H and O–H groups in total. The summed E-state index contributed by atoms with van der Waals surface area (Å²) in [5, 5.41) is 3.30. The Balaban J connectivity index is 1.21. The first-order valence-electron chi connectivity index (χ1n) is 14.2. The molecule has 0 radical (unpaired) electrons. The standard InChI is InChI=1S/C37H33NO3/c39-36(38-27-25-29-21-23-31(24-22-29)40-30-15-5-2-6-16-30)37(26-11-14-28-12-3-1-4-13-28)32-17-7-9-19-34(32)41-35-20-10-8-18-33(35)37/h1-10,12-13,15-24H,11,14,25-27H2,(H,38,39). The molecule has 1 aliphatic rings. The van der Waals surface area contributed by atoms with Crippen LogP contribution < -0.4 is 14.8 Å². The average Bonchev–Trinajstić information content (AvgIpc) is 3.02. The number of carbonyl (C=O) groups is 1. The molecule has 4 heteroatoms. The van der Waals surface area contributed by atoms with Gasteiger partial charge in [0.25, 0.3) is 0 Å². The average molecular weight is 540 g/mol. The molecule has 4 nitrogen and oxygen atoms in total. The predicted octanol–water partition coefficient (Wildman–Crippen LogP) is 8.25. The Morgan fingerprint density at radius 3 is 1.80 bits per heavy atom. The number of fused-ring (bicyclic) bond motifs is 2. The number of hydrogen-bond donors (Lipinski definition) is 1. The van der Waals surface area contributed by atoms with Crippen molar-refractivity contribution in [1.29, 1.82) is 0 Å². The van der Waals surface area contributed by atoms with Crippen LogP contribution in [-0.4, -0.2) is 12.5 Å². The van der Waals surface area contributed by atoms with Crippen LogP contribution in [0.15, 0.2) is 133 Å². The normalized spacial score (nSPS) is 12.9. The van der Waals surface area contributed by atoms with Crippen molar-refractivity contribution in [3.05, 3.63) is 156 Å². The van der Waals surface area contributed by atoms with Crippen LogP contribution in [0.25, 0.3) is 0 Å². The number of hydrogen-bond acceptors (Lipinski definition) is 3. The van der Waals surface area contributed by atoms with Gasteiger partial charge in [-0.25, -0.2) is 0 Å². The van der Waals surface area contributed by atoms with Gasteiger partial charge in [-0.3, -0.25) is 4.79 Å². The summed E-state index contributed by atoms with van der Waals surface area (Å²) >= 11 is 0. The third-order valence-corrected chi connectivity index (χ3v) is 7.76. The lowest BCUT2D eigenvalue weighted by Crippen LogP contribution is -2.47. The van der Waals surface area contributed by atoms with Crippen LogP contribution in [0, 0.1) is 0 Å². The van der Waals surface area contributed by atoms with Gasteiger partial charge in [0.05, 0.1) is 0 Å². The number of aryl methyl sites for hydroxylation is 1. The molecule has 1 heterocycles. The number of amides is 1. The minimum atomic E-state index is -0.840. The van der Waals surface area contributed by atoms with E-state index in [1.165, 1.54) is 5.56 Å². The summed E-state index contributed by atoms with van der Waals surface area (Å²) in [7, 11) is 0. The molecule has 0 aliphatic carbocycles. The maximum atomic E-state index is 14.3. The molecule has 6 rings (SSSR count). The molecule has 0 atom stereocenters. The molecule has 204 valence electrons. The highest BCUT2D eigenvalue weighted by molar-refractivity contribution is 5.94. The molecule has 0 bridgehead atoms. The lowest BCUT2D eigenvalue weighted by Gasteiger charge is -2.39. The fourth-order valence-electron chi connectivity index (χ4n) is 5.73. The summed E-state index contributed by atoms with van der Waals surface area (Å²) in [5.74, 6) is 3.10. The van der Waals surface area contributed by atoms with Gasteiger partial charge in [-0.15, -0.1) is 0 Å². The molecule has 1 amide bonds. The highest BCUT2D eigenvalue weighted by Crippen LogP contribution is 2.50. The van der Waals surface area contributed by atoms with Gasteiger partial charge in [0.1, 0.15) is 28.4 Å². The molecule has 5 aromatic carbocycles. The van der Waals surface area contributed by atoms with Crippen molar-refractivity contribution >= 4 is 5.91 Å². The van der Waals surface area contributed by atoms with E-state index in [2.05, 4.69) is 41.7 Å². The van der Waals surface area contributed by atoms with Gasteiger partial charge in [0.2, 0.25) is 5.91 Å². The first-order chi connectivity index (χ1) is 20.2. The van der Waals surface area contributed by atoms with Crippen molar-refractivity contribution in [2.45, 2.75) is 31.1 Å².